The first kappa shape index (κ1) is 18.2. The molecule has 0 aliphatic rings. The Balaban J connectivity index is 2.21. The van der Waals surface area contributed by atoms with Crippen molar-refractivity contribution < 1.29 is 13.5 Å². The number of aromatic nitrogens is 3. The Labute approximate surface area is 141 Å². The average Bonchev–Trinajstić information content (AvgIpc) is 2.52. The van der Waals surface area contributed by atoms with Gasteiger partial charge in [-0.2, -0.15) is 0 Å². The van der Waals surface area contributed by atoms with Crippen LogP contribution >= 0.6 is 0 Å². The summed E-state index contributed by atoms with van der Waals surface area (Å²) in [5, 5.41) is 0. The molecule has 0 saturated carbocycles. The molecule has 2 heterocycles. The quantitative estimate of drug-likeness (QED) is 0.726. The first-order valence-corrected chi connectivity index (χ1v) is 8.07. The molecule has 0 aliphatic heterocycles. The maximum Gasteiger partial charge on any atom is 0.267 e. The molecular formula is C18H23F2N3O. The Kier molecular flexibility index (Phi) is 6.17. The second kappa shape index (κ2) is 8.13. The van der Waals surface area contributed by atoms with Crippen LogP contribution in [0.4, 0.5) is 8.78 Å². The molecule has 0 N–H and O–H groups in total. The monoisotopic (exact) mass is 335 g/mol. The number of hydrogen-bond acceptors (Lipinski definition) is 4. The Hall–Kier alpha value is -2.11. The van der Waals surface area contributed by atoms with E-state index >= 15 is 0 Å². The zero-order valence-corrected chi connectivity index (χ0v) is 14.5. The molecule has 2 aromatic rings. The van der Waals surface area contributed by atoms with Gasteiger partial charge in [-0.25, -0.2) is 18.7 Å². The minimum Gasteiger partial charge on any atom is -0.491 e. The van der Waals surface area contributed by atoms with E-state index in [2.05, 4.69) is 28.8 Å². The molecule has 0 amide bonds. The normalized spacial score (nSPS) is 12.7. The van der Waals surface area contributed by atoms with Gasteiger partial charge in [0.25, 0.3) is 6.43 Å². The van der Waals surface area contributed by atoms with Crippen molar-refractivity contribution in [3.63, 3.8) is 0 Å². The van der Waals surface area contributed by atoms with Crippen LogP contribution in [0.25, 0.3) is 11.4 Å². The summed E-state index contributed by atoms with van der Waals surface area (Å²) in [4.78, 5) is 12.4. The van der Waals surface area contributed by atoms with Crippen molar-refractivity contribution in [2.45, 2.75) is 40.5 Å². The molecule has 0 saturated heterocycles. The minimum absolute atomic E-state index is 0.134. The number of nitrogens with zero attached hydrogens (tertiary/aromatic N) is 3. The van der Waals surface area contributed by atoms with Crippen LogP contribution in [0.15, 0.2) is 24.5 Å². The predicted molar refractivity (Wildman–Crippen MR) is 89.1 cm³/mol. The van der Waals surface area contributed by atoms with Crippen LogP contribution in [0.5, 0.6) is 5.75 Å². The molecule has 0 radical (unpaired) electrons. The molecule has 0 spiro atoms. The molecule has 0 bridgehead atoms. The molecule has 24 heavy (non-hydrogen) atoms. The van der Waals surface area contributed by atoms with E-state index in [0.29, 0.717) is 35.7 Å². The van der Waals surface area contributed by atoms with Gasteiger partial charge in [-0.05, 0) is 37.3 Å². The summed E-state index contributed by atoms with van der Waals surface area (Å²) >= 11 is 0. The Morgan fingerprint density at radius 3 is 2.50 bits per heavy atom. The number of ether oxygens (including phenoxy) is 1. The van der Waals surface area contributed by atoms with Gasteiger partial charge in [-0.3, -0.25) is 4.98 Å². The van der Waals surface area contributed by atoms with Gasteiger partial charge in [0.2, 0.25) is 0 Å². The summed E-state index contributed by atoms with van der Waals surface area (Å²) < 4.78 is 32.4. The first-order valence-electron chi connectivity index (χ1n) is 8.07. The summed E-state index contributed by atoms with van der Waals surface area (Å²) in [5.74, 6) is 1.53. The molecule has 0 aromatic carbocycles. The van der Waals surface area contributed by atoms with Gasteiger partial charge < -0.3 is 4.74 Å². The van der Waals surface area contributed by atoms with Crippen LogP contribution in [0, 0.1) is 18.8 Å². The van der Waals surface area contributed by atoms with Crippen LogP contribution in [-0.4, -0.2) is 21.6 Å². The standard InChI is InChI=1S/C18H23F2N3O/c1-11(2)7-12(3)10-24-17-9-22-16(8-14(17)18(19)20)15-5-6-21-13(4)23-15/h5-6,8-9,11-12,18H,7,10H2,1-4H3/t12-/m0/s1. The minimum atomic E-state index is -2.63. The lowest BCUT2D eigenvalue weighted by molar-refractivity contribution is 0.142. The Bertz CT molecular complexity index is 677. The van der Waals surface area contributed by atoms with E-state index in [0.717, 1.165) is 6.42 Å². The van der Waals surface area contributed by atoms with Crippen molar-refractivity contribution in [2.75, 3.05) is 6.61 Å². The number of aryl methyl sites for hydroxylation is 1. The van der Waals surface area contributed by atoms with Gasteiger partial charge in [-0.1, -0.05) is 20.8 Å². The summed E-state index contributed by atoms with van der Waals surface area (Å²) in [7, 11) is 0. The Morgan fingerprint density at radius 2 is 1.88 bits per heavy atom. The molecule has 0 fully saturated rings. The van der Waals surface area contributed by atoms with Crippen molar-refractivity contribution >= 4 is 0 Å². The molecule has 1 atom stereocenters. The predicted octanol–water partition coefficient (Wildman–Crippen LogP) is 4.85. The SMILES string of the molecule is Cc1nccc(-c2cc(C(F)F)c(OC[C@@H](C)CC(C)C)cn2)n1. The van der Waals surface area contributed by atoms with E-state index in [-0.39, 0.29) is 11.3 Å². The van der Waals surface area contributed by atoms with Gasteiger partial charge in [-0.15, -0.1) is 0 Å². The smallest absolute Gasteiger partial charge is 0.267 e. The maximum atomic E-state index is 13.4. The van der Waals surface area contributed by atoms with E-state index in [1.54, 1.807) is 19.2 Å². The number of halogens is 2. The van der Waals surface area contributed by atoms with Gasteiger partial charge in [0.05, 0.1) is 29.8 Å². The number of alkyl halides is 2. The van der Waals surface area contributed by atoms with Gasteiger partial charge in [0.1, 0.15) is 11.6 Å². The third kappa shape index (κ3) is 4.94. The lowest BCUT2D eigenvalue weighted by Crippen LogP contribution is -2.12. The van der Waals surface area contributed by atoms with Crippen LogP contribution < -0.4 is 4.74 Å². The fourth-order valence-corrected chi connectivity index (χ4v) is 2.59. The van der Waals surface area contributed by atoms with E-state index in [9.17, 15) is 8.78 Å². The highest BCUT2D eigenvalue weighted by molar-refractivity contribution is 5.56. The van der Waals surface area contributed by atoms with E-state index in [1.165, 1.54) is 12.3 Å². The summed E-state index contributed by atoms with van der Waals surface area (Å²) in [6, 6.07) is 2.99. The first-order chi connectivity index (χ1) is 11.4. The van der Waals surface area contributed by atoms with Gasteiger partial charge in [0, 0.05) is 6.20 Å². The molecular weight excluding hydrogens is 312 g/mol. The summed E-state index contributed by atoms with van der Waals surface area (Å²) in [6.07, 6.45) is 1.29. The largest absolute Gasteiger partial charge is 0.491 e. The lowest BCUT2D eigenvalue weighted by atomic mass is 10.00. The van der Waals surface area contributed by atoms with Crippen molar-refractivity contribution in [3.8, 4) is 17.1 Å². The number of rotatable bonds is 7. The molecule has 2 rings (SSSR count). The molecule has 130 valence electrons. The van der Waals surface area contributed by atoms with E-state index in [4.69, 9.17) is 4.74 Å². The highest BCUT2D eigenvalue weighted by atomic mass is 19.3. The van der Waals surface area contributed by atoms with Crippen LogP contribution in [0.1, 0.15) is 45.0 Å². The van der Waals surface area contributed by atoms with Crippen LogP contribution in [-0.2, 0) is 0 Å². The summed E-state index contributed by atoms with van der Waals surface area (Å²) in [6.45, 7) is 8.44. The molecule has 6 heteroatoms. The van der Waals surface area contributed by atoms with Gasteiger partial charge in [0.15, 0.2) is 0 Å². The van der Waals surface area contributed by atoms with Crippen molar-refractivity contribution in [3.05, 3.63) is 35.9 Å². The fourth-order valence-electron chi connectivity index (χ4n) is 2.59. The third-order valence-corrected chi connectivity index (χ3v) is 3.57. The fraction of sp³-hybridized carbons (Fsp3) is 0.500. The van der Waals surface area contributed by atoms with Crippen LogP contribution in [0.3, 0.4) is 0 Å². The summed E-state index contributed by atoms with van der Waals surface area (Å²) in [5.41, 5.74) is 0.746. The van der Waals surface area contributed by atoms with Crippen molar-refractivity contribution in [2.24, 2.45) is 11.8 Å². The highest BCUT2D eigenvalue weighted by Gasteiger charge is 2.18. The number of pyridine rings is 1. The van der Waals surface area contributed by atoms with Crippen LogP contribution in [0.2, 0.25) is 0 Å². The zero-order valence-electron chi connectivity index (χ0n) is 14.5. The second-order valence-corrected chi connectivity index (χ2v) is 6.44. The van der Waals surface area contributed by atoms with Gasteiger partial charge >= 0.3 is 0 Å². The molecule has 2 aromatic heterocycles. The van der Waals surface area contributed by atoms with Crippen molar-refractivity contribution in [1.29, 1.82) is 0 Å². The third-order valence-electron chi connectivity index (χ3n) is 3.57. The number of hydrogen-bond donors (Lipinski definition) is 0. The van der Waals surface area contributed by atoms with Crippen molar-refractivity contribution in [1.82, 2.24) is 15.0 Å². The highest BCUT2D eigenvalue weighted by Crippen LogP contribution is 2.31. The zero-order chi connectivity index (χ0) is 17.7. The molecule has 0 aliphatic carbocycles. The average molecular weight is 335 g/mol. The van der Waals surface area contributed by atoms with E-state index in [1.807, 2.05) is 6.92 Å². The maximum absolute atomic E-state index is 13.4. The second-order valence-electron chi connectivity index (χ2n) is 6.44. The lowest BCUT2D eigenvalue weighted by Gasteiger charge is -2.17. The Morgan fingerprint density at radius 1 is 1.12 bits per heavy atom. The molecule has 4 nitrogen and oxygen atoms in total. The molecule has 0 unspecified atom stereocenters. The van der Waals surface area contributed by atoms with E-state index < -0.39 is 6.43 Å². The topological polar surface area (TPSA) is 47.9 Å².